The first-order valence-electron chi connectivity index (χ1n) is 9.92. The monoisotopic (exact) mass is 457 g/mol. The second kappa shape index (κ2) is 10.0. The van der Waals surface area contributed by atoms with Crippen molar-refractivity contribution in [3.05, 3.63) is 100 Å². The minimum Gasteiger partial charge on any atom is -0.390 e. The molecule has 3 aromatic carbocycles. The van der Waals surface area contributed by atoms with E-state index in [1.54, 1.807) is 55.6 Å². The summed E-state index contributed by atoms with van der Waals surface area (Å²) in [6, 6.07) is 19.1. The van der Waals surface area contributed by atoms with Gasteiger partial charge in [0.05, 0.1) is 0 Å². The van der Waals surface area contributed by atoms with Crippen molar-refractivity contribution in [3.63, 3.8) is 0 Å². The number of hydrogen-bond acceptors (Lipinski definition) is 3. The number of aliphatic hydroxyl groups excluding tert-OH is 1. The lowest BCUT2D eigenvalue weighted by Crippen LogP contribution is -2.26. The van der Waals surface area contributed by atoms with Gasteiger partial charge in [0.15, 0.2) is 0 Å². The van der Waals surface area contributed by atoms with Crippen molar-refractivity contribution in [2.75, 3.05) is 18.6 Å². The van der Waals surface area contributed by atoms with Crippen molar-refractivity contribution in [2.24, 2.45) is 0 Å². The first-order valence-corrected chi connectivity index (χ1v) is 10.3. The highest BCUT2D eigenvalue weighted by Crippen LogP contribution is 2.27. The Morgan fingerprint density at radius 2 is 1.38 bits per heavy atom. The molecule has 32 heavy (non-hydrogen) atoms. The molecule has 3 aromatic rings. The summed E-state index contributed by atoms with van der Waals surface area (Å²) in [5, 5.41) is 9.33. The Hall–Kier alpha value is -3.09. The summed E-state index contributed by atoms with van der Waals surface area (Å²) < 4.78 is 26.9. The summed E-state index contributed by atoms with van der Waals surface area (Å²) in [5.41, 5.74) is 2.27. The summed E-state index contributed by atoms with van der Waals surface area (Å²) in [6.07, 6.45) is 0.265. The predicted molar refractivity (Wildman–Crippen MR) is 120 cm³/mol. The molecule has 4 nitrogen and oxygen atoms in total. The summed E-state index contributed by atoms with van der Waals surface area (Å²) in [5.74, 6) is -3.57. The van der Waals surface area contributed by atoms with Gasteiger partial charge in [-0.25, -0.2) is 0 Å². The number of rotatable bonds is 8. The minimum atomic E-state index is -3.30. The molecule has 3 rings (SSSR count). The molecule has 0 aliphatic rings. The second-order valence-corrected chi connectivity index (χ2v) is 7.93. The second-order valence-electron chi connectivity index (χ2n) is 7.49. The van der Waals surface area contributed by atoms with Crippen molar-refractivity contribution < 1.29 is 23.5 Å². The van der Waals surface area contributed by atoms with Crippen LogP contribution in [0.1, 0.15) is 27.0 Å². The Labute approximate surface area is 190 Å². The molecule has 0 aromatic heterocycles. The fourth-order valence-corrected chi connectivity index (χ4v) is 3.34. The molecule has 0 unspecified atom stereocenters. The average molecular weight is 458 g/mol. The van der Waals surface area contributed by atoms with E-state index >= 15 is 0 Å². The van der Waals surface area contributed by atoms with Gasteiger partial charge in [-0.05, 0) is 47.5 Å². The van der Waals surface area contributed by atoms with Crippen molar-refractivity contribution in [1.82, 2.24) is 0 Å². The Kier molecular flexibility index (Phi) is 7.38. The average Bonchev–Trinajstić information content (AvgIpc) is 2.79. The number of alkyl halides is 2. The zero-order valence-corrected chi connectivity index (χ0v) is 18.2. The zero-order valence-electron chi connectivity index (χ0n) is 17.4. The maximum absolute atomic E-state index is 13.5. The van der Waals surface area contributed by atoms with Crippen molar-refractivity contribution in [1.29, 1.82) is 0 Å². The van der Waals surface area contributed by atoms with Crippen LogP contribution in [0, 0.1) is 0 Å². The van der Waals surface area contributed by atoms with E-state index in [2.05, 4.69) is 0 Å². The molecule has 0 fully saturated rings. The molecule has 0 radical (unpaired) electrons. The number of benzene rings is 3. The third kappa shape index (κ3) is 5.78. The maximum Gasteiger partial charge on any atom is 0.295 e. The number of halogens is 3. The number of anilines is 1. The number of carbonyl (C=O) groups is 2. The quantitative estimate of drug-likeness (QED) is 0.514. The van der Waals surface area contributed by atoms with E-state index in [1.165, 1.54) is 29.2 Å². The first kappa shape index (κ1) is 23.6. The van der Waals surface area contributed by atoms with Crippen LogP contribution in [0.4, 0.5) is 14.5 Å². The number of aliphatic hydroxyl groups is 1. The Morgan fingerprint density at radius 3 is 1.88 bits per heavy atom. The van der Waals surface area contributed by atoms with Crippen LogP contribution in [0.3, 0.4) is 0 Å². The fraction of sp³-hybridized carbons (Fsp3) is 0.200. The van der Waals surface area contributed by atoms with E-state index in [0.717, 1.165) is 5.56 Å². The van der Waals surface area contributed by atoms with Crippen LogP contribution in [0.15, 0.2) is 72.8 Å². The Morgan fingerprint density at radius 1 is 0.875 bits per heavy atom. The lowest BCUT2D eigenvalue weighted by Gasteiger charge is -2.17. The van der Waals surface area contributed by atoms with Crippen molar-refractivity contribution >= 4 is 29.0 Å². The number of nitrogens with zero attached hydrogens (tertiary/aromatic N) is 1. The number of hydrogen-bond donors (Lipinski definition) is 1. The lowest BCUT2D eigenvalue weighted by atomic mass is 10.00. The van der Waals surface area contributed by atoms with E-state index in [-0.39, 0.29) is 30.1 Å². The topological polar surface area (TPSA) is 57.6 Å². The molecular formula is C25H22ClF2NO3. The van der Waals surface area contributed by atoms with E-state index in [0.29, 0.717) is 21.8 Å². The van der Waals surface area contributed by atoms with Gasteiger partial charge in [-0.2, -0.15) is 8.78 Å². The van der Waals surface area contributed by atoms with Gasteiger partial charge in [-0.3, -0.25) is 9.59 Å². The van der Waals surface area contributed by atoms with E-state index < -0.39 is 12.5 Å². The molecule has 0 heterocycles. The number of ketones is 1. The largest absolute Gasteiger partial charge is 0.390 e. The molecule has 1 amide bonds. The number of Topliss-reactive ketones (excluding diaryl/α,β-unsaturated/α-hetero) is 1. The van der Waals surface area contributed by atoms with Gasteiger partial charge in [-0.1, -0.05) is 48.0 Å². The third-order valence-electron chi connectivity index (χ3n) is 5.10. The predicted octanol–water partition coefficient (Wildman–Crippen LogP) is 5.06. The molecule has 0 aliphatic heterocycles. The Balaban J connectivity index is 1.59. The van der Waals surface area contributed by atoms with Crippen LogP contribution in [-0.2, 0) is 23.6 Å². The van der Waals surface area contributed by atoms with E-state index in [4.69, 9.17) is 16.7 Å². The third-order valence-corrected chi connectivity index (χ3v) is 5.35. The number of amides is 1. The van der Waals surface area contributed by atoms with Gasteiger partial charge in [0.2, 0.25) is 0 Å². The van der Waals surface area contributed by atoms with Crippen molar-refractivity contribution in [2.45, 2.75) is 18.8 Å². The van der Waals surface area contributed by atoms with Crippen LogP contribution in [-0.4, -0.2) is 30.5 Å². The molecule has 7 heteroatoms. The molecule has 0 saturated heterocycles. The van der Waals surface area contributed by atoms with E-state index in [1.807, 2.05) is 0 Å². The summed E-state index contributed by atoms with van der Waals surface area (Å²) in [7, 11) is 1.67. The standard InChI is InChI=1S/C25H22ClF2NO3/c1-29(22-12-10-21(26)11-13-22)24(32)19-6-2-17(3-7-19)14-23(31)15-18-4-8-20(9-5-18)25(27,28)16-30/h2-13,30H,14-16H2,1H3. The molecule has 1 N–H and O–H groups in total. The van der Waals surface area contributed by atoms with Gasteiger partial charge in [-0.15, -0.1) is 0 Å². The van der Waals surface area contributed by atoms with Gasteiger partial charge in [0, 0.05) is 41.7 Å². The minimum absolute atomic E-state index is 0.0796. The zero-order chi connectivity index (χ0) is 23.3. The maximum atomic E-state index is 13.5. The van der Waals surface area contributed by atoms with Crippen LogP contribution in [0.25, 0.3) is 0 Å². The van der Waals surface area contributed by atoms with Gasteiger partial charge >= 0.3 is 0 Å². The molecule has 166 valence electrons. The van der Waals surface area contributed by atoms with Crippen LogP contribution >= 0.6 is 11.6 Å². The SMILES string of the molecule is CN(C(=O)c1ccc(CC(=O)Cc2ccc(C(F)(F)CO)cc2)cc1)c1ccc(Cl)cc1. The number of carbonyl (C=O) groups excluding carboxylic acids is 2. The van der Waals surface area contributed by atoms with Crippen LogP contribution < -0.4 is 4.90 Å². The molecule has 0 aliphatic carbocycles. The highest BCUT2D eigenvalue weighted by atomic mass is 35.5. The highest BCUT2D eigenvalue weighted by Gasteiger charge is 2.30. The van der Waals surface area contributed by atoms with Gasteiger partial charge in [0.25, 0.3) is 11.8 Å². The lowest BCUT2D eigenvalue weighted by molar-refractivity contribution is -0.117. The molecule has 0 atom stereocenters. The molecule has 0 saturated carbocycles. The summed E-state index contributed by atoms with van der Waals surface area (Å²) in [4.78, 5) is 26.6. The van der Waals surface area contributed by atoms with E-state index in [9.17, 15) is 18.4 Å². The Bertz CT molecular complexity index is 1080. The normalized spacial score (nSPS) is 11.3. The first-order chi connectivity index (χ1) is 15.2. The molecular weight excluding hydrogens is 436 g/mol. The summed E-state index contributed by atoms with van der Waals surface area (Å²) in [6.45, 7) is -1.26. The van der Waals surface area contributed by atoms with Crippen LogP contribution in [0.5, 0.6) is 0 Å². The molecule has 0 bridgehead atoms. The van der Waals surface area contributed by atoms with Crippen LogP contribution in [0.2, 0.25) is 5.02 Å². The van der Waals surface area contributed by atoms with Gasteiger partial charge < -0.3 is 10.0 Å². The van der Waals surface area contributed by atoms with Crippen molar-refractivity contribution in [3.8, 4) is 0 Å². The smallest absolute Gasteiger partial charge is 0.295 e. The highest BCUT2D eigenvalue weighted by molar-refractivity contribution is 6.30. The molecule has 0 spiro atoms. The van der Waals surface area contributed by atoms with Gasteiger partial charge in [0.1, 0.15) is 12.4 Å². The summed E-state index contributed by atoms with van der Waals surface area (Å²) >= 11 is 5.88. The fourth-order valence-electron chi connectivity index (χ4n) is 3.22.